The Morgan fingerprint density at radius 1 is 0.871 bits per heavy atom. The number of allylic oxidation sites excluding steroid dienone is 2. The molecule has 0 unspecified atom stereocenters. The molecule has 0 saturated heterocycles. The highest BCUT2D eigenvalue weighted by Crippen LogP contribution is 2.29. The molecule has 0 atom stereocenters. The zero-order valence-electron chi connectivity index (χ0n) is 16.8. The summed E-state index contributed by atoms with van der Waals surface area (Å²) in [5, 5.41) is 2.05. The minimum Gasteiger partial charge on any atom is -0.206 e. The Bertz CT molecular complexity index is 1240. The van der Waals surface area contributed by atoms with Crippen LogP contribution in [0.15, 0.2) is 77.3 Å². The molecule has 4 heteroatoms. The van der Waals surface area contributed by atoms with E-state index in [4.69, 9.17) is 0 Å². The number of benzene rings is 3. The van der Waals surface area contributed by atoms with E-state index in [1.54, 1.807) is 24.3 Å². The molecule has 4 rings (SSSR count). The first-order valence-corrected chi connectivity index (χ1v) is 10.5. The fraction of sp³-hybridized carbons (Fsp3) is 0.148. The van der Waals surface area contributed by atoms with Gasteiger partial charge in [-0.2, -0.15) is 4.99 Å². The second-order valence-electron chi connectivity index (χ2n) is 7.44. The Morgan fingerprint density at radius 2 is 1.55 bits per heavy atom. The van der Waals surface area contributed by atoms with E-state index in [0.717, 1.165) is 29.7 Å². The summed E-state index contributed by atoms with van der Waals surface area (Å²) >= 11 is 4.45. The fourth-order valence-corrected chi connectivity index (χ4v) is 3.73. The Balaban J connectivity index is 1.48. The maximum Gasteiger partial charge on any atom is 0.150 e. The van der Waals surface area contributed by atoms with Crippen molar-refractivity contribution in [3.63, 3.8) is 0 Å². The first-order chi connectivity index (χ1) is 15.1. The zero-order chi connectivity index (χ0) is 21.6. The van der Waals surface area contributed by atoms with E-state index in [2.05, 4.69) is 47.3 Å². The van der Waals surface area contributed by atoms with Gasteiger partial charge in [-0.05, 0) is 79.4 Å². The summed E-state index contributed by atoms with van der Waals surface area (Å²) in [6.45, 7) is 0. The van der Waals surface area contributed by atoms with Crippen LogP contribution in [0.5, 0.6) is 0 Å². The average Bonchev–Trinajstić information content (AvgIpc) is 3.29. The Labute approximate surface area is 186 Å². The van der Waals surface area contributed by atoms with Gasteiger partial charge in [-0.3, -0.25) is 0 Å². The van der Waals surface area contributed by atoms with Crippen molar-refractivity contribution in [3.8, 4) is 23.0 Å². The molecule has 0 N–H and O–H groups in total. The van der Waals surface area contributed by atoms with Crippen LogP contribution in [0.1, 0.15) is 36.0 Å². The second kappa shape index (κ2) is 9.62. The molecule has 31 heavy (non-hydrogen) atoms. The molecule has 0 aromatic heterocycles. The van der Waals surface area contributed by atoms with Crippen LogP contribution >= 0.6 is 12.2 Å². The monoisotopic (exact) mass is 427 g/mol. The van der Waals surface area contributed by atoms with E-state index in [0.29, 0.717) is 5.56 Å². The van der Waals surface area contributed by atoms with E-state index < -0.39 is 11.6 Å². The number of isothiocyanates is 1. The van der Waals surface area contributed by atoms with Gasteiger partial charge >= 0.3 is 0 Å². The summed E-state index contributed by atoms with van der Waals surface area (Å²) in [6.07, 6.45) is 7.05. The smallest absolute Gasteiger partial charge is 0.150 e. The van der Waals surface area contributed by atoms with Crippen molar-refractivity contribution in [2.24, 2.45) is 4.99 Å². The van der Waals surface area contributed by atoms with E-state index >= 15 is 0 Å². The van der Waals surface area contributed by atoms with Crippen molar-refractivity contribution >= 4 is 23.1 Å². The summed E-state index contributed by atoms with van der Waals surface area (Å²) in [6, 6.07) is 17.5. The molecular formula is C27H19F2NS. The first kappa shape index (κ1) is 20.9. The topological polar surface area (TPSA) is 12.4 Å². The van der Waals surface area contributed by atoms with Gasteiger partial charge in [0.15, 0.2) is 0 Å². The summed E-state index contributed by atoms with van der Waals surface area (Å²) < 4.78 is 28.4. The number of aliphatic imine (C=N–C) groups is 1. The summed E-state index contributed by atoms with van der Waals surface area (Å²) in [5.41, 5.74) is 5.13. The molecule has 152 valence electrons. The lowest BCUT2D eigenvalue weighted by Gasteiger charge is -2.05. The molecule has 1 nitrogen and oxygen atoms in total. The second-order valence-corrected chi connectivity index (χ2v) is 7.62. The molecule has 0 aliphatic heterocycles. The Kier molecular flexibility index (Phi) is 6.48. The Morgan fingerprint density at radius 3 is 2.16 bits per heavy atom. The van der Waals surface area contributed by atoms with Gasteiger partial charge in [0.25, 0.3) is 0 Å². The number of rotatable bonds is 4. The molecule has 3 aromatic rings. The number of hydrogen-bond acceptors (Lipinski definition) is 2. The van der Waals surface area contributed by atoms with Gasteiger partial charge in [-0.25, -0.2) is 8.78 Å². The molecule has 0 bridgehead atoms. The summed E-state index contributed by atoms with van der Waals surface area (Å²) in [5.74, 6) is 5.06. The van der Waals surface area contributed by atoms with Gasteiger partial charge in [0.05, 0.1) is 5.16 Å². The minimum absolute atomic E-state index is 0.160. The summed E-state index contributed by atoms with van der Waals surface area (Å²) in [4.78, 5) is 3.53. The molecule has 0 spiro atoms. The maximum absolute atomic E-state index is 14.3. The lowest BCUT2D eigenvalue weighted by Crippen LogP contribution is -1.88. The lowest BCUT2D eigenvalue weighted by atomic mass is 10.0. The Hall–Kier alpha value is -3.38. The normalized spacial score (nSPS) is 12.5. The fourth-order valence-electron chi connectivity index (χ4n) is 3.64. The van der Waals surface area contributed by atoms with Crippen LogP contribution in [-0.4, -0.2) is 5.16 Å². The molecule has 0 radical (unpaired) electrons. The van der Waals surface area contributed by atoms with E-state index in [-0.39, 0.29) is 11.3 Å². The van der Waals surface area contributed by atoms with Gasteiger partial charge in [-0.15, -0.1) is 0 Å². The quantitative estimate of drug-likeness (QED) is 0.183. The number of hydrogen-bond donors (Lipinski definition) is 0. The highest BCUT2D eigenvalue weighted by Gasteiger charge is 2.11. The van der Waals surface area contributed by atoms with Gasteiger partial charge in [0.1, 0.15) is 17.3 Å². The molecule has 1 aliphatic rings. The van der Waals surface area contributed by atoms with E-state index in [1.165, 1.54) is 30.4 Å². The average molecular weight is 428 g/mol. The predicted octanol–water partition coefficient (Wildman–Crippen LogP) is 7.42. The third kappa shape index (κ3) is 5.22. The maximum atomic E-state index is 14.3. The van der Waals surface area contributed by atoms with Crippen molar-refractivity contribution in [1.82, 2.24) is 0 Å². The van der Waals surface area contributed by atoms with Crippen molar-refractivity contribution in [3.05, 3.63) is 101 Å². The molecule has 0 fully saturated rings. The van der Waals surface area contributed by atoms with Crippen LogP contribution in [0.4, 0.5) is 14.5 Å². The molecule has 3 aromatic carbocycles. The van der Waals surface area contributed by atoms with Crippen LogP contribution in [0.25, 0.3) is 11.1 Å². The number of nitrogens with zero attached hydrogens (tertiary/aromatic N) is 1. The van der Waals surface area contributed by atoms with Crippen LogP contribution < -0.4 is 0 Å². The molecule has 0 saturated carbocycles. The highest BCUT2D eigenvalue weighted by molar-refractivity contribution is 7.78. The van der Waals surface area contributed by atoms with Crippen LogP contribution in [0.3, 0.4) is 0 Å². The molecular weight excluding hydrogens is 408 g/mol. The van der Waals surface area contributed by atoms with Gasteiger partial charge < -0.3 is 0 Å². The molecule has 0 heterocycles. The van der Waals surface area contributed by atoms with Crippen LogP contribution in [0.2, 0.25) is 0 Å². The number of halogens is 2. The first-order valence-electron chi connectivity index (χ1n) is 10.1. The van der Waals surface area contributed by atoms with Crippen molar-refractivity contribution < 1.29 is 8.78 Å². The number of thiocarbonyl (C=S) groups is 1. The third-order valence-electron chi connectivity index (χ3n) is 5.27. The van der Waals surface area contributed by atoms with Gasteiger partial charge in [-0.1, -0.05) is 47.8 Å². The standard InChI is InChI=1S/C27H19F2NS/c28-25-17-27(30-18-31)26(29)16-24(25)23-13-11-20(12-14-23)6-5-19-7-9-22(10-8-19)15-21-3-1-2-4-21/h3,7-14,16-17H,1-2,4,15H2. The van der Waals surface area contributed by atoms with E-state index in [1.807, 2.05) is 17.3 Å². The largest absolute Gasteiger partial charge is 0.206 e. The zero-order valence-corrected chi connectivity index (χ0v) is 17.6. The lowest BCUT2D eigenvalue weighted by molar-refractivity contribution is 0.605. The van der Waals surface area contributed by atoms with Crippen LogP contribution in [-0.2, 0) is 6.42 Å². The summed E-state index contributed by atoms with van der Waals surface area (Å²) in [7, 11) is 0. The SMILES string of the molecule is Fc1cc(-c2ccc(C#Cc3ccc(CC4=CCCC4)cc3)cc2)c(F)cc1N=C=S. The van der Waals surface area contributed by atoms with Crippen LogP contribution in [0, 0.1) is 23.5 Å². The third-order valence-corrected chi connectivity index (χ3v) is 5.36. The van der Waals surface area contributed by atoms with Crippen molar-refractivity contribution in [2.45, 2.75) is 25.7 Å². The van der Waals surface area contributed by atoms with Gasteiger partial charge in [0, 0.05) is 22.8 Å². The molecule has 0 amide bonds. The molecule has 1 aliphatic carbocycles. The van der Waals surface area contributed by atoms with Crippen molar-refractivity contribution in [1.29, 1.82) is 0 Å². The minimum atomic E-state index is -0.648. The predicted molar refractivity (Wildman–Crippen MR) is 125 cm³/mol. The highest BCUT2D eigenvalue weighted by atomic mass is 32.1. The van der Waals surface area contributed by atoms with Gasteiger partial charge in [0.2, 0.25) is 0 Å². The van der Waals surface area contributed by atoms with E-state index in [9.17, 15) is 8.78 Å². The van der Waals surface area contributed by atoms with Crippen molar-refractivity contribution in [2.75, 3.05) is 0 Å².